The quantitative estimate of drug-likeness (QED) is 0.713. The summed E-state index contributed by atoms with van der Waals surface area (Å²) in [6, 6.07) is 14.4. The minimum Gasteiger partial charge on any atom is -0.299 e. The number of Topliss-reactive ketones (excluding diaryl/α,β-unsaturated/α-hetero) is 1. The van der Waals surface area contributed by atoms with Crippen LogP contribution in [0.15, 0.2) is 53.0 Å². The van der Waals surface area contributed by atoms with E-state index in [9.17, 15) is 14.4 Å². The molecule has 0 aromatic heterocycles. The Balaban J connectivity index is 1.53. The summed E-state index contributed by atoms with van der Waals surface area (Å²) in [4.78, 5) is 37.8. The lowest BCUT2D eigenvalue weighted by Gasteiger charge is -2.13. The zero-order valence-corrected chi connectivity index (χ0v) is 14.6. The van der Waals surface area contributed by atoms with E-state index in [0.29, 0.717) is 30.4 Å². The summed E-state index contributed by atoms with van der Waals surface area (Å²) in [7, 11) is 0. The molecule has 0 N–H and O–H groups in total. The van der Waals surface area contributed by atoms with Gasteiger partial charge in [-0.15, -0.1) is 0 Å². The molecule has 2 aromatic carbocycles. The second-order valence-corrected chi connectivity index (χ2v) is 6.67. The Morgan fingerprint density at radius 2 is 1.62 bits per heavy atom. The van der Waals surface area contributed by atoms with Crippen LogP contribution in [-0.2, 0) is 11.2 Å². The van der Waals surface area contributed by atoms with E-state index >= 15 is 0 Å². The number of benzene rings is 2. The number of carbonyl (C=O) groups is 3. The van der Waals surface area contributed by atoms with Crippen LogP contribution in [0, 0.1) is 0 Å². The Labute approximate surface area is 148 Å². The molecule has 2 aromatic rings. The zero-order chi connectivity index (χ0) is 17.1. The predicted molar refractivity (Wildman–Crippen MR) is 93.9 cm³/mol. The molecule has 0 saturated carbocycles. The number of hydrogen-bond donors (Lipinski definition) is 0. The van der Waals surface area contributed by atoms with Crippen LogP contribution in [0.4, 0.5) is 0 Å². The van der Waals surface area contributed by atoms with Crippen molar-refractivity contribution in [1.29, 1.82) is 0 Å². The Morgan fingerprint density at radius 3 is 2.25 bits per heavy atom. The van der Waals surface area contributed by atoms with Gasteiger partial charge >= 0.3 is 0 Å². The average molecular weight is 386 g/mol. The van der Waals surface area contributed by atoms with Crippen molar-refractivity contribution in [1.82, 2.24) is 4.90 Å². The van der Waals surface area contributed by atoms with Crippen LogP contribution < -0.4 is 0 Å². The van der Waals surface area contributed by atoms with E-state index in [0.717, 1.165) is 10.0 Å². The van der Waals surface area contributed by atoms with Crippen LogP contribution >= 0.6 is 15.9 Å². The van der Waals surface area contributed by atoms with E-state index in [-0.39, 0.29) is 24.1 Å². The number of amides is 2. The Bertz CT molecular complexity index is 781. The van der Waals surface area contributed by atoms with Crippen molar-refractivity contribution < 1.29 is 14.4 Å². The van der Waals surface area contributed by atoms with Crippen molar-refractivity contribution in [2.24, 2.45) is 0 Å². The third-order valence-corrected chi connectivity index (χ3v) is 4.50. The van der Waals surface area contributed by atoms with Crippen molar-refractivity contribution in [2.75, 3.05) is 6.54 Å². The second-order valence-electron chi connectivity index (χ2n) is 5.76. The molecule has 0 bridgehead atoms. The number of imide groups is 1. The summed E-state index contributed by atoms with van der Waals surface area (Å²) < 4.78 is 0.943. The second kappa shape index (κ2) is 7.09. The van der Waals surface area contributed by atoms with Crippen molar-refractivity contribution in [2.45, 2.75) is 19.3 Å². The van der Waals surface area contributed by atoms with Gasteiger partial charge in [0.05, 0.1) is 11.1 Å². The molecule has 5 heteroatoms. The molecule has 0 spiro atoms. The van der Waals surface area contributed by atoms with Gasteiger partial charge < -0.3 is 0 Å². The summed E-state index contributed by atoms with van der Waals surface area (Å²) >= 11 is 3.38. The van der Waals surface area contributed by atoms with Gasteiger partial charge in [0.25, 0.3) is 11.8 Å². The molecule has 122 valence electrons. The number of halogens is 1. The first-order valence-electron chi connectivity index (χ1n) is 7.77. The molecule has 1 aliphatic heterocycles. The van der Waals surface area contributed by atoms with Crippen LogP contribution in [-0.4, -0.2) is 29.0 Å². The summed E-state index contributed by atoms with van der Waals surface area (Å²) in [5, 5.41) is 0. The SMILES string of the molecule is O=C(CCCN1C(=O)c2ccccc2C1=O)Cc1cccc(Br)c1. The van der Waals surface area contributed by atoms with Crippen molar-refractivity contribution in [3.8, 4) is 0 Å². The first kappa shape index (κ1) is 16.6. The Kier molecular flexibility index (Phi) is 4.90. The smallest absolute Gasteiger partial charge is 0.261 e. The zero-order valence-electron chi connectivity index (χ0n) is 13.0. The van der Waals surface area contributed by atoms with Gasteiger partial charge in [-0.1, -0.05) is 40.2 Å². The molecule has 0 saturated heterocycles. The molecule has 0 fully saturated rings. The normalized spacial score (nSPS) is 13.3. The number of ketones is 1. The third-order valence-electron chi connectivity index (χ3n) is 4.01. The van der Waals surface area contributed by atoms with Gasteiger partial charge in [-0.2, -0.15) is 0 Å². The van der Waals surface area contributed by atoms with Gasteiger partial charge in [0.1, 0.15) is 5.78 Å². The predicted octanol–water partition coefficient (Wildman–Crippen LogP) is 3.64. The van der Waals surface area contributed by atoms with Gasteiger partial charge in [-0.25, -0.2) is 0 Å². The van der Waals surface area contributed by atoms with E-state index in [1.54, 1.807) is 24.3 Å². The van der Waals surface area contributed by atoms with E-state index < -0.39 is 0 Å². The molecule has 0 atom stereocenters. The number of hydrogen-bond acceptors (Lipinski definition) is 3. The first-order valence-corrected chi connectivity index (χ1v) is 8.57. The summed E-state index contributed by atoms with van der Waals surface area (Å²) in [5.41, 5.74) is 1.85. The first-order chi connectivity index (χ1) is 11.6. The highest BCUT2D eigenvalue weighted by molar-refractivity contribution is 9.10. The van der Waals surface area contributed by atoms with Crippen molar-refractivity contribution in [3.63, 3.8) is 0 Å². The molecule has 3 rings (SSSR count). The van der Waals surface area contributed by atoms with E-state index in [1.165, 1.54) is 4.90 Å². The van der Waals surface area contributed by atoms with Crippen molar-refractivity contribution >= 4 is 33.5 Å². The Morgan fingerprint density at radius 1 is 0.958 bits per heavy atom. The highest BCUT2D eigenvalue weighted by Crippen LogP contribution is 2.22. The van der Waals surface area contributed by atoms with E-state index in [4.69, 9.17) is 0 Å². The third kappa shape index (κ3) is 3.46. The molecular formula is C19H16BrNO3. The maximum Gasteiger partial charge on any atom is 0.261 e. The summed E-state index contributed by atoms with van der Waals surface area (Å²) in [6.07, 6.45) is 1.19. The fraction of sp³-hybridized carbons (Fsp3) is 0.211. The lowest BCUT2D eigenvalue weighted by molar-refractivity contribution is -0.118. The molecule has 4 nitrogen and oxygen atoms in total. The summed E-state index contributed by atoms with van der Waals surface area (Å²) in [6.45, 7) is 0.274. The number of fused-ring (bicyclic) bond motifs is 1. The van der Waals surface area contributed by atoms with Gasteiger partial charge in [0.2, 0.25) is 0 Å². The van der Waals surface area contributed by atoms with Crippen LogP contribution in [0.25, 0.3) is 0 Å². The van der Waals surface area contributed by atoms with Crippen molar-refractivity contribution in [3.05, 3.63) is 69.7 Å². The molecule has 0 unspecified atom stereocenters. The number of carbonyl (C=O) groups excluding carboxylic acids is 3. The minimum atomic E-state index is -0.268. The molecule has 0 radical (unpaired) electrons. The van der Waals surface area contributed by atoms with Crippen LogP contribution in [0.3, 0.4) is 0 Å². The maximum atomic E-state index is 12.2. The minimum absolute atomic E-state index is 0.102. The molecule has 1 heterocycles. The largest absolute Gasteiger partial charge is 0.299 e. The molecular weight excluding hydrogens is 370 g/mol. The lowest BCUT2D eigenvalue weighted by atomic mass is 10.1. The van der Waals surface area contributed by atoms with Crippen LogP contribution in [0.2, 0.25) is 0 Å². The van der Waals surface area contributed by atoms with E-state index in [1.807, 2.05) is 24.3 Å². The van der Waals surface area contributed by atoms with Gasteiger partial charge in [0, 0.05) is 23.9 Å². The highest BCUT2D eigenvalue weighted by atomic mass is 79.9. The topological polar surface area (TPSA) is 54.5 Å². The molecule has 2 amide bonds. The monoisotopic (exact) mass is 385 g/mol. The fourth-order valence-corrected chi connectivity index (χ4v) is 3.29. The number of rotatable bonds is 6. The van der Waals surface area contributed by atoms with Gasteiger partial charge in [0.15, 0.2) is 0 Å². The summed E-state index contributed by atoms with van der Waals surface area (Å²) in [5.74, 6) is -0.435. The lowest BCUT2D eigenvalue weighted by Crippen LogP contribution is -2.31. The highest BCUT2D eigenvalue weighted by Gasteiger charge is 2.34. The van der Waals surface area contributed by atoms with E-state index in [2.05, 4.69) is 15.9 Å². The maximum absolute atomic E-state index is 12.2. The van der Waals surface area contributed by atoms with Gasteiger partial charge in [-0.05, 0) is 36.2 Å². The van der Waals surface area contributed by atoms with Gasteiger partial charge in [-0.3, -0.25) is 19.3 Å². The molecule has 24 heavy (non-hydrogen) atoms. The van der Waals surface area contributed by atoms with Crippen LogP contribution in [0.5, 0.6) is 0 Å². The molecule has 1 aliphatic rings. The molecule has 0 aliphatic carbocycles. The van der Waals surface area contributed by atoms with Crippen LogP contribution in [0.1, 0.15) is 39.1 Å². The average Bonchev–Trinajstić information content (AvgIpc) is 2.80. The number of nitrogens with zero attached hydrogens (tertiary/aromatic N) is 1. The fourth-order valence-electron chi connectivity index (χ4n) is 2.84. The Hall–Kier alpha value is -2.27. The standard InChI is InChI=1S/C19H16BrNO3/c20-14-6-3-5-13(11-14)12-15(22)7-4-10-21-18(23)16-8-1-2-9-17(16)19(21)24/h1-3,5-6,8-9,11H,4,7,10,12H2.